The minimum absolute atomic E-state index is 0.477. The maximum Gasteiger partial charge on any atom is 0.316 e. The van der Waals surface area contributed by atoms with Gasteiger partial charge in [-0.3, -0.25) is 0 Å². The van der Waals surface area contributed by atoms with Crippen LogP contribution in [-0.4, -0.2) is 22.6 Å². The first-order valence-corrected chi connectivity index (χ1v) is 5.48. The number of rotatable bonds is 5. The van der Waals surface area contributed by atoms with Crippen molar-refractivity contribution in [2.45, 2.75) is 39.3 Å². The summed E-state index contributed by atoms with van der Waals surface area (Å²) in [5, 5.41) is 3.44. The fraction of sp³-hybridized carbons (Fsp3) is 0.636. The van der Waals surface area contributed by atoms with Gasteiger partial charge in [0.2, 0.25) is 0 Å². The zero-order chi connectivity index (χ0) is 10.7. The third-order valence-corrected chi connectivity index (χ3v) is 2.49. The molecule has 2 rings (SSSR count). The highest BCUT2D eigenvalue weighted by atomic mass is 16.5. The van der Waals surface area contributed by atoms with Crippen molar-refractivity contribution in [2.75, 3.05) is 6.61 Å². The van der Waals surface area contributed by atoms with E-state index in [9.17, 15) is 0 Å². The van der Waals surface area contributed by atoms with Crippen LogP contribution >= 0.6 is 0 Å². The van der Waals surface area contributed by atoms with Crippen molar-refractivity contribution in [1.82, 2.24) is 15.3 Å². The number of aryl methyl sites for hydroxylation is 1. The topological polar surface area (TPSA) is 47.0 Å². The standard InChI is InChI=1S/C11H17N3O/c1-3-15-11-13-7-9(8(2)14-11)6-12-10-4-5-10/h7,10,12H,3-6H2,1-2H3. The van der Waals surface area contributed by atoms with E-state index in [1.807, 2.05) is 20.0 Å². The van der Waals surface area contributed by atoms with Crippen LogP contribution in [0.25, 0.3) is 0 Å². The van der Waals surface area contributed by atoms with E-state index in [4.69, 9.17) is 4.74 Å². The molecule has 0 aliphatic heterocycles. The fourth-order valence-corrected chi connectivity index (χ4v) is 1.38. The van der Waals surface area contributed by atoms with Gasteiger partial charge in [-0.15, -0.1) is 0 Å². The van der Waals surface area contributed by atoms with E-state index in [0.29, 0.717) is 12.6 Å². The highest BCUT2D eigenvalue weighted by molar-refractivity contribution is 5.17. The molecule has 0 amide bonds. The fourth-order valence-electron chi connectivity index (χ4n) is 1.38. The van der Waals surface area contributed by atoms with Gasteiger partial charge >= 0.3 is 6.01 Å². The molecule has 1 aromatic heterocycles. The quantitative estimate of drug-likeness (QED) is 0.793. The van der Waals surface area contributed by atoms with Gasteiger partial charge in [0, 0.05) is 30.0 Å². The summed E-state index contributed by atoms with van der Waals surface area (Å²) < 4.78 is 5.24. The molecule has 1 aromatic rings. The Hall–Kier alpha value is -1.16. The van der Waals surface area contributed by atoms with Crippen LogP contribution < -0.4 is 10.1 Å². The first-order chi connectivity index (χ1) is 7.29. The highest BCUT2D eigenvalue weighted by Gasteiger charge is 2.20. The molecule has 1 saturated carbocycles. The number of hydrogen-bond donors (Lipinski definition) is 1. The Bertz CT molecular complexity index is 337. The van der Waals surface area contributed by atoms with Gasteiger partial charge in [-0.25, -0.2) is 9.97 Å². The maximum atomic E-state index is 5.24. The van der Waals surface area contributed by atoms with Crippen LogP contribution in [0.3, 0.4) is 0 Å². The predicted molar refractivity (Wildman–Crippen MR) is 57.8 cm³/mol. The molecule has 0 spiro atoms. The molecule has 1 heterocycles. The van der Waals surface area contributed by atoms with Crippen LogP contribution in [0.2, 0.25) is 0 Å². The van der Waals surface area contributed by atoms with Gasteiger partial charge in [0.05, 0.1) is 6.61 Å². The minimum atomic E-state index is 0.477. The summed E-state index contributed by atoms with van der Waals surface area (Å²) >= 11 is 0. The molecule has 0 aromatic carbocycles. The van der Waals surface area contributed by atoms with Crippen molar-refractivity contribution in [1.29, 1.82) is 0 Å². The molecule has 1 aliphatic carbocycles. The van der Waals surface area contributed by atoms with Gasteiger partial charge < -0.3 is 10.1 Å². The Labute approximate surface area is 90.1 Å². The van der Waals surface area contributed by atoms with Crippen molar-refractivity contribution in [3.8, 4) is 6.01 Å². The average molecular weight is 207 g/mol. The smallest absolute Gasteiger partial charge is 0.316 e. The molecule has 4 heteroatoms. The maximum absolute atomic E-state index is 5.24. The summed E-state index contributed by atoms with van der Waals surface area (Å²) in [6.07, 6.45) is 4.45. The van der Waals surface area contributed by atoms with Gasteiger partial charge in [0.1, 0.15) is 0 Å². The van der Waals surface area contributed by atoms with Crippen LogP contribution in [0.4, 0.5) is 0 Å². The largest absolute Gasteiger partial charge is 0.464 e. The predicted octanol–water partition coefficient (Wildman–Crippen LogP) is 1.44. The van der Waals surface area contributed by atoms with Gasteiger partial charge in [-0.05, 0) is 26.7 Å². The summed E-state index contributed by atoms with van der Waals surface area (Å²) in [5.41, 5.74) is 2.16. The number of aromatic nitrogens is 2. The van der Waals surface area contributed by atoms with Crippen molar-refractivity contribution in [3.05, 3.63) is 17.5 Å². The van der Waals surface area contributed by atoms with Crippen LogP contribution in [0.5, 0.6) is 6.01 Å². The number of nitrogens with one attached hydrogen (secondary N) is 1. The first kappa shape index (κ1) is 10.4. The third kappa shape index (κ3) is 2.89. The number of ether oxygens (including phenoxy) is 1. The van der Waals surface area contributed by atoms with Crippen molar-refractivity contribution in [2.24, 2.45) is 0 Å². The lowest BCUT2D eigenvalue weighted by Crippen LogP contribution is -2.16. The van der Waals surface area contributed by atoms with Gasteiger partial charge in [0.25, 0.3) is 0 Å². The second-order valence-corrected chi connectivity index (χ2v) is 3.85. The van der Waals surface area contributed by atoms with Crippen LogP contribution in [0.1, 0.15) is 31.0 Å². The van der Waals surface area contributed by atoms with E-state index in [2.05, 4.69) is 15.3 Å². The van der Waals surface area contributed by atoms with Crippen LogP contribution in [-0.2, 0) is 6.54 Å². The Morgan fingerprint density at radius 2 is 2.33 bits per heavy atom. The van der Waals surface area contributed by atoms with E-state index in [-0.39, 0.29) is 0 Å². The second kappa shape index (κ2) is 4.57. The molecule has 4 nitrogen and oxygen atoms in total. The molecule has 1 fully saturated rings. The van der Waals surface area contributed by atoms with E-state index < -0.39 is 0 Å². The monoisotopic (exact) mass is 207 g/mol. The summed E-state index contributed by atoms with van der Waals surface area (Å²) in [7, 11) is 0. The molecule has 1 aliphatic rings. The normalized spacial score (nSPS) is 15.3. The average Bonchev–Trinajstić information content (AvgIpc) is 3.01. The molecule has 1 N–H and O–H groups in total. The SMILES string of the molecule is CCOc1ncc(CNC2CC2)c(C)n1. The third-order valence-electron chi connectivity index (χ3n) is 2.49. The van der Waals surface area contributed by atoms with Crippen molar-refractivity contribution in [3.63, 3.8) is 0 Å². The lowest BCUT2D eigenvalue weighted by atomic mass is 10.2. The molecular weight excluding hydrogens is 190 g/mol. The van der Waals surface area contributed by atoms with Crippen LogP contribution in [0, 0.1) is 6.92 Å². The van der Waals surface area contributed by atoms with Crippen molar-refractivity contribution < 1.29 is 4.74 Å². The molecule has 0 unspecified atom stereocenters. The zero-order valence-corrected chi connectivity index (χ0v) is 9.29. The molecular formula is C11H17N3O. The molecule has 82 valence electrons. The lowest BCUT2D eigenvalue weighted by molar-refractivity contribution is 0.311. The van der Waals surface area contributed by atoms with Gasteiger partial charge in [-0.1, -0.05) is 0 Å². The van der Waals surface area contributed by atoms with Gasteiger partial charge in [0.15, 0.2) is 0 Å². The second-order valence-electron chi connectivity index (χ2n) is 3.85. The molecule has 0 radical (unpaired) electrons. The van der Waals surface area contributed by atoms with E-state index in [1.165, 1.54) is 12.8 Å². The number of hydrogen-bond acceptors (Lipinski definition) is 4. The summed E-state index contributed by atoms with van der Waals surface area (Å²) in [5.74, 6) is 0. The van der Waals surface area contributed by atoms with E-state index >= 15 is 0 Å². The molecule has 0 saturated heterocycles. The van der Waals surface area contributed by atoms with Crippen molar-refractivity contribution >= 4 is 0 Å². The molecule has 15 heavy (non-hydrogen) atoms. The van der Waals surface area contributed by atoms with Crippen LogP contribution in [0.15, 0.2) is 6.20 Å². The molecule has 0 atom stereocenters. The lowest BCUT2D eigenvalue weighted by Gasteiger charge is -2.07. The van der Waals surface area contributed by atoms with E-state index in [0.717, 1.165) is 23.8 Å². The molecule has 0 bridgehead atoms. The Kier molecular flexibility index (Phi) is 3.16. The van der Waals surface area contributed by atoms with Gasteiger partial charge in [-0.2, -0.15) is 0 Å². The summed E-state index contributed by atoms with van der Waals surface area (Å²) in [4.78, 5) is 8.44. The van der Waals surface area contributed by atoms with E-state index in [1.54, 1.807) is 0 Å². The summed E-state index contributed by atoms with van der Waals surface area (Å²) in [6, 6.07) is 1.20. The minimum Gasteiger partial charge on any atom is -0.464 e. The number of nitrogens with zero attached hydrogens (tertiary/aromatic N) is 2. The Balaban J connectivity index is 1.97. The first-order valence-electron chi connectivity index (χ1n) is 5.48. The Morgan fingerprint density at radius 3 is 2.93 bits per heavy atom. The Morgan fingerprint density at radius 1 is 1.53 bits per heavy atom. The zero-order valence-electron chi connectivity index (χ0n) is 9.29. The highest BCUT2D eigenvalue weighted by Crippen LogP contribution is 2.19. The summed E-state index contributed by atoms with van der Waals surface area (Å²) in [6.45, 7) is 5.40.